The van der Waals surface area contributed by atoms with Gasteiger partial charge in [-0.05, 0) is 39.7 Å². The van der Waals surface area contributed by atoms with E-state index in [-0.39, 0.29) is 6.04 Å². The van der Waals surface area contributed by atoms with Crippen LogP contribution in [0.5, 0.6) is 0 Å². The van der Waals surface area contributed by atoms with Crippen molar-refractivity contribution < 1.29 is 0 Å². The third-order valence-electron chi connectivity index (χ3n) is 3.38. The van der Waals surface area contributed by atoms with Gasteiger partial charge in [0.15, 0.2) is 0 Å². The summed E-state index contributed by atoms with van der Waals surface area (Å²) < 4.78 is 0.873. The number of hydrazine groups is 1. The molecule has 0 aliphatic carbocycles. The summed E-state index contributed by atoms with van der Waals surface area (Å²) in [7, 11) is 0. The molecule has 1 heterocycles. The third-order valence-corrected chi connectivity index (χ3v) is 4.61. The van der Waals surface area contributed by atoms with Crippen LogP contribution in [0.2, 0.25) is 5.02 Å². The quantitative estimate of drug-likeness (QED) is 0.491. The van der Waals surface area contributed by atoms with Gasteiger partial charge in [-0.2, -0.15) is 0 Å². The molecule has 102 valence electrons. The van der Waals surface area contributed by atoms with E-state index in [1.807, 2.05) is 42.6 Å². The Bertz CT molecular complexity index is 754. The van der Waals surface area contributed by atoms with Gasteiger partial charge >= 0.3 is 0 Å². The van der Waals surface area contributed by atoms with Crippen LogP contribution in [-0.2, 0) is 0 Å². The maximum absolute atomic E-state index is 6.17. The van der Waals surface area contributed by atoms with Crippen molar-refractivity contribution in [3.8, 4) is 0 Å². The van der Waals surface area contributed by atoms with Gasteiger partial charge in [-0.3, -0.25) is 5.84 Å². The molecule has 0 saturated carbocycles. The van der Waals surface area contributed by atoms with Gasteiger partial charge in [0.2, 0.25) is 0 Å². The molecule has 2 aromatic carbocycles. The topological polar surface area (TPSA) is 53.8 Å². The number of para-hydroxylation sites is 1. The van der Waals surface area contributed by atoms with E-state index in [2.05, 4.69) is 32.4 Å². The lowest BCUT2D eigenvalue weighted by Gasteiger charge is -2.16. The van der Waals surface area contributed by atoms with Crippen LogP contribution in [0.15, 0.2) is 53.1 Å². The second-order valence-electron chi connectivity index (χ2n) is 4.56. The lowest BCUT2D eigenvalue weighted by atomic mass is 9.99. The van der Waals surface area contributed by atoms with Crippen LogP contribution in [0, 0.1) is 0 Å². The van der Waals surface area contributed by atoms with E-state index >= 15 is 0 Å². The van der Waals surface area contributed by atoms with Gasteiger partial charge in [0.25, 0.3) is 0 Å². The largest absolute Gasteiger partial charge is 0.361 e. The molecule has 0 bridgehead atoms. The first-order valence-corrected chi connectivity index (χ1v) is 7.35. The zero-order valence-corrected chi connectivity index (χ0v) is 12.9. The fraction of sp³-hybridized carbons (Fsp3) is 0.0667. The molecule has 0 aliphatic rings. The molecular weight excluding hydrogens is 338 g/mol. The second-order valence-corrected chi connectivity index (χ2v) is 5.82. The fourth-order valence-corrected chi connectivity index (χ4v) is 2.83. The molecule has 4 N–H and O–H groups in total. The molecule has 3 aromatic rings. The Labute approximate surface area is 130 Å². The van der Waals surface area contributed by atoms with Gasteiger partial charge in [-0.1, -0.05) is 35.9 Å². The number of aromatic nitrogens is 1. The van der Waals surface area contributed by atoms with Crippen molar-refractivity contribution in [1.82, 2.24) is 10.4 Å². The summed E-state index contributed by atoms with van der Waals surface area (Å²) in [6, 6.07) is 13.9. The maximum Gasteiger partial charge on any atom is 0.0731 e. The Morgan fingerprint density at radius 3 is 2.75 bits per heavy atom. The van der Waals surface area contributed by atoms with Crippen LogP contribution < -0.4 is 11.3 Å². The van der Waals surface area contributed by atoms with Crippen molar-refractivity contribution in [2.24, 2.45) is 5.84 Å². The minimum atomic E-state index is -0.114. The van der Waals surface area contributed by atoms with Crippen LogP contribution in [0.25, 0.3) is 10.9 Å². The van der Waals surface area contributed by atoms with Crippen LogP contribution in [-0.4, -0.2) is 4.98 Å². The number of hydrogen-bond acceptors (Lipinski definition) is 2. The maximum atomic E-state index is 6.17. The van der Waals surface area contributed by atoms with Gasteiger partial charge < -0.3 is 4.98 Å². The number of benzene rings is 2. The number of nitrogens with two attached hydrogens (primary N) is 1. The van der Waals surface area contributed by atoms with Gasteiger partial charge in [0, 0.05) is 27.1 Å². The first-order chi connectivity index (χ1) is 9.70. The van der Waals surface area contributed by atoms with E-state index in [0.717, 1.165) is 26.5 Å². The normalized spacial score (nSPS) is 12.8. The molecular formula is C15H13BrClN3. The van der Waals surface area contributed by atoms with Crippen LogP contribution >= 0.6 is 27.5 Å². The lowest BCUT2D eigenvalue weighted by molar-refractivity contribution is 0.641. The van der Waals surface area contributed by atoms with E-state index in [4.69, 9.17) is 17.4 Å². The number of aromatic amines is 1. The predicted octanol–water partition coefficient (Wildman–Crippen LogP) is 4.14. The van der Waals surface area contributed by atoms with Crippen LogP contribution in [0.4, 0.5) is 0 Å². The molecule has 3 nitrogen and oxygen atoms in total. The highest BCUT2D eigenvalue weighted by atomic mass is 79.9. The molecule has 0 fully saturated rings. The first kappa shape index (κ1) is 13.6. The summed E-state index contributed by atoms with van der Waals surface area (Å²) in [4.78, 5) is 3.26. The summed E-state index contributed by atoms with van der Waals surface area (Å²) in [6.45, 7) is 0. The Morgan fingerprint density at radius 2 is 2.00 bits per heavy atom. The SMILES string of the molecule is NNC(c1ccc(Br)c(Cl)c1)c1c[nH]c2ccccc12. The Morgan fingerprint density at radius 1 is 1.20 bits per heavy atom. The highest BCUT2D eigenvalue weighted by molar-refractivity contribution is 9.10. The Balaban J connectivity index is 2.11. The summed E-state index contributed by atoms with van der Waals surface area (Å²) in [5.41, 5.74) is 6.07. The molecule has 3 rings (SSSR count). The molecule has 0 spiro atoms. The van der Waals surface area contributed by atoms with Crippen molar-refractivity contribution >= 4 is 38.4 Å². The van der Waals surface area contributed by atoms with Gasteiger partial charge in [0.05, 0.1) is 11.1 Å². The van der Waals surface area contributed by atoms with Gasteiger partial charge in [-0.25, -0.2) is 5.43 Å². The molecule has 0 radical (unpaired) electrons. The number of H-pyrrole nitrogens is 1. The highest BCUT2D eigenvalue weighted by Gasteiger charge is 2.17. The van der Waals surface area contributed by atoms with Crippen LogP contribution in [0.3, 0.4) is 0 Å². The number of fused-ring (bicyclic) bond motifs is 1. The number of hydrogen-bond donors (Lipinski definition) is 3. The molecule has 0 saturated heterocycles. The number of halogens is 2. The van der Waals surface area contributed by atoms with Crippen molar-refractivity contribution in [2.45, 2.75) is 6.04 Å². The number of nitrogens with one attached hydrogen (secondary N) is 2. The first-order valence-electron chi connectivity index (χ1n) is 6.18. The van der Waals surface area contributed by atoms with E-state index in [0.29, 0.717) is 5.02 Å². The van der Waals surface area contributed by atoms with E-state index in [9.17, 15) is 0 Å². The highest BCUT2D eigenvalue weighted by Crippen LogP contribution is 2.31. The monoisotopic (exact) mass is 349 g/mol. The number of rotatable bonds is 3. The Hall–Kier alpha value is -1.33. The lowest BCUT2D eigenvalue weighted by Crippen LogP contribution is -2.28. The summed E-state index contributed by atoms with van der Waals surface area (Å²) in [5.74, 6) is 5.76. The molecule has 20 heavy (non-hydrogen) atoms. The van der Waals surface area contributed by atoms with E-state index < -0.39 is 0 Å². The molecule has 0 amide bonds. The summed E-state index contributed by atoms with van der Waals surface area (Å²) in [5, 5.41) is 1.82. The van der Waals surface area contributed by atoms with Crippen molar-refractivity contribution in [3.63, 3.8) is 0 Å². The molecule has 1 unspecified atom stereocenters. The van der Waals surface area contributed by atoms with Crippen molar-refractivity contribution in [3.05, 3.63) is 69.3 Å². The molecule has 1 atom stereocenters. The molecule has 0 aliphatic heterocycles. The average molecular weight is 351 g/mol. The zero-order chi connectivity index (χ0) is 14.1. The Kier molecular flexibility index (Phi) is 3.81. The van der Waals surface area contributed by atoms with Gasteiger partial charge in [-0.15, -0.1) is 0 Å². The van der Waals surface area contributed by atoms with Crippen LogP contribution in [0.1, 0.15) is 17.2 Å². The molecule has 1 aromatic heterocycles. The minimum absolute atomic E-state index is 0.114. The van der Waals surface area contributed by atoms with Gasteiger partial charge in [0.1, 0.15) is 0 Å². The molecule has 5 heteroatoms. The standard InChI is InChI=1S/C15H13BrClN3/c16-12-6-5-9(7-13(12)17)15(20-18)11-8-19-14-4-2-1-3-10(11)14/h1-8,15,19-20H,18H2. The van der Waals surface area contributed by atoms with Crippen molar-refractivity contribution in [1.29, 1.82) is 0 Å². The van der Waals surface area contributed by atoms with E-state index in [1.54, 1.807) is 0 Å². The summed E-state index contributed by atoms with van der Waals surface area (Å²) >= 11 is 9.57. The third kappa shape index (κ3) is 2.36. The second kappa shape index (κ2) is 5.58. The average Bonchev–Trinajstić information content (AvgIpc) is 2.88. The predicted molar refractivity (Wildman–Crippen MR) is 86.6 cm³/mol. The van der Waals surface area contributed by atoms with Crippen molar-refractivity contribution in [2.75, 3.05) is 0 Å². The van der Waals surface area contributed by atoms with E-state index in [1.165, 1.54) is 0 Å². The minimum Gasteiger partial charge on any atom is -0.361 e. The fourth-order valence-electron chi connectivity index (χ4n) is 2.39. The smallest absolute Gasteiger partial charge is 0.0731 e. The summed E-state index contributed by atoms with van der Waals surface area (Å²) in [6.07, 6.45) is 1.98. The zero-order valence-electron chi connectivity index (χ0n) is 10.5.